The van der Waals surface area contributed by atoms with Gasteiger partial charge in [0.15, 0.2) is 0 Å². The number of unbranched alkanes of at least 4 members (excludes halogenated alkanes) is 1. The molecule has 0 aliphatic heterocycles. The summed E-state index contributed by atoms with van der Waals surface area (Å²) >= 11 is 1.49. The normalized spacial score (nSPS) is 9.62. The molecule has 0 aliphatic carbocycles. The Labute approximate surface area is 106 Å². The summed E-state index contributed by atoms with van der Waals surface area (Å²) in [6.45, 7) is 3.39. The van der Waals surface area contributed by atoms with Gasteiger partial charge in [0.05, 0.1) is 5.01 Å². The minimum absolute atomic E-state index is 0. The van der Waals surface area contributed by atoms with Crippen LogP contribution in [0, 0.1) is 0 Å². The van der Waals surface area contributed by atoms with Crippen LogP contribution >= 0.6 is 23.7 Å². The third kappa shape index (κ3) is 4.92. The number of amides is 1. The van der Waals surface area contributed by atoms with Crippen LogP contribution in [-0.4, -0.2) is 24.0 Å². The highest BCUT2D eigenvalue weighted by molar-refractivity contribution is 7.09. The number of nitrogens with zero attached hydrogens (tertiary/aromatic N) is 1. The number of nitrogens with one attached hydrogen (secondary N) is 1. The Balaban J connectivity index is 0.00000225. The SMILES string of the molecule is CCCCNC(=O)c1csc(CCN)n1.Cl. The van der Waals surface area contributed by atoms with Crippen molar-refractivity contribution >= 4 is 29.7 Å². The van der Waals surface area contributed by atoms with Crippen molar-refractivity contribution in [1.29, 1.82) is 0 Å². The van der Waals surface area contributed by atoms with E-state index in [0.29, 0.717) is 12.2 Å². The second-order valence-corrected chi connectivity index (χ2v) is 4.22. The van der Waals surface area contributed by atoms with E-state index in [4.69, 9.17) is 5.73 Å². The van der Waals surface area contributed by atoms with E-state index in [-0.39, 0.29) is 18.3 Å². The van der Waals surface area contributed by atoms with Crippen LogP contribution in [-0.2, 0) is 6.42 Å². The van der Waals surface area contributed by atoms with Crippen molar-refractivity contribution in [3.63, 3.8) is 0 Å². The maximum atomic E-state index is 11.5. The van der Waals surface area contributed by atoms with Gasteiger partial charge in [-0.2, -0.15) is 0 Å². The Bertz CT molecular complexity index is 317. The molecule has 0 aliphatic rings. The molecule has 0 unspecified atom stereocenters. The van der Waals surface area contributed by atoms with E-state index in [9.17, 15) is 4.79 Å². The fourth-order valence-electron chi connectivity index (χ4n) is 1.12. The third-order valence-electron chi connectivity index (χ3n) is 1.96. The van der Waals surface area contributed by atoms with Crippen LogP contribution in [0.1, 0.15) is 35.3 Å². The van der Waals surface area contributed by atoms with E-state index in [1.807, 2.05) is 0 Å². The van der Waals surface area contributed by atoms with Gasteiger partial charge in [0.2, 0.25) is 0 Å². The Morgan fingerprint density at radius 3 is 3.00 bits per heavy atom. The van der Waals surface area contributed by atoms with Gasteiger partial charge in [0, 0.05) is 18.3 Å². The molecular formula is C10H18ClN3OS. The largest absolute Gasteiger partial charge is 0.351 e. The Morgan fingerprint density at radius 2 is 2.38 bits per heavy atom. The summed E-state index contributed by atoms with van der Waals surface area (Å²) in [6.07, 6.45) is 2.83. The molecule has 0 fully saturated rings. The third-order valence-corrected chi connectivity index (χ3v) is 2.87. The highest BCUT2D eigenvalue weighted by atomic mass is 35.5. The first kappa shape index (κ1) is 15.3. The average molecular weight is 264 g/mol. The zero-order chi connectivity index (χ0) is 11.1. The number of rotatable bonds is 6. The molecule has 1 aromatic heterocycles. The van der Waals surface area contributed by atoms with E-state index >= 15 is 0 Å². The number of carbonyl (C=O) groups excluding carboxylic acids is 1. The summed E-state index contributed by atoms with van der Waals surface area (Å²) in [5.74, 6) is -0.0806. The summed E-state index contributed by atoms with van der Waals surface area (Å²) in [6, 6.07) is 0. The van der Waals surface area contributed by atoms with Gasteiger partial charge in [0.1, 0.15) is 5.69 Å². The molecule has 1 heterocycles. The lowest BCUT2D eigenvalue weighted by molar-refractivity contribution is 0.0948. The van der Waals surface area contributed by atoms with E-state index in [1.54, 1.807) is 5.38 Å². The van der Waals surface area contributed by atoms with E-state index < -0.39 is 0 Å². The molecule has 16 heavy (non-hydrogen) atoms. The Hall–Kier alpha value is -0.650. The van der Waals surface area contributed by atoms with Crippen LogP contribution in [0.2, 0.25) is 0 Å². The van der Waals surface area contributed by atoms with Crippen LogP contribution in [0.15, 0.2) is 5.38 Å². The molecule has 6 heteroatoms. The van der Waals surface area contributed by atoms with Crippen molar-refractivity contribution in [1.82, 2.24) is 10.3 Å². The zero-order valence-corrected chi connectivity index (χ0v) is 11.0. The summed E-state index contributed by atoms with van der Waals surface area (Å²) in [5, 5.41) is 5.54. The predicted octanol–water partition coefficient (Wildman–Crippen LogP) is 1.60. The van der Waals surface area contributed by atoms with Crippen LogP contribution in [0.3, 0.4) is 0 Å². The van der Waals surface area contributed by atoms with Crippen LogP contribution in [0.25, 0.3) is 0 Å². The summed E-state index contributed by atoms with van der Waals surface area (Å²) in [7, 11) is 0. The maximum absolute atomic E-state index is 11.5. The summed E-state index contributed by atoms with van der Waals surface area (Å²) < 4.78 is 0. The molecule has 0 atom stereocenters. The lowest BCUT2D eigenvalue weighted by atomic mass is 10.3. The standard InChI is InChI=1S/C10H17N3OS.ClH/c1-2-3-6-12-10(14)8-7-15-9(13-8)4-5-11;/h7H,2-6,11H2,1H3,(H,12,14);1H. The quantitative estimate of drug-likeness (QED) is 0.766. The first-order valence-electron chi connectivity index (χ1n) is 5.20. The molecule has 3 N–H and O–H groups in total. The van der Waals surface area contributed by atoms with Gasteiger partial charge in [-0.1, -0.05) is 13.3 Å². The number of thiazole rings is 1. The first-order chi connectivity index (χ1) is 7.27. The maximum Gasteiger partial charge on any atom is 0.270 e. The molecule has 4 nitrogen and oxygen atoms in total. The van der Waals surface area contributed by atoms with Gasteiger partial charge in [-0.15, -0.1) is 23.7 Å². The highest BCUT2D eigenvalue weighted by Gasteiger charge is 2.09. The predicted molar refractivity (Wildman–Crippen MR) is 69.4 cm³/mol. The van der Waals surface area contributed by atoms with Crippen LogP contribution in [0.4, 0.5) is 0 Å². The molecule has 1 aromatic rings. The minimum Gasteiger partial charge on any atom is -0.351 e. The Kier molecular flexibility index (Phi) is 8.15. The topological polar surface area (TPSA) is 68.0 Å². The molecular weight excluding hydrogens is 246 g/mol. The summed E-state index contributed by atoms with van der Waals surface area (Å²) in [4.78, 5) is 15.7. The van der Waals surface area contributed by atoms with Crippen molar-refractivity contribution < 1.29 is 4.79 Å². The highest BCUT2D eigenvalue weighted by Crippen LogP contribution is 2.09. The van der Waals surface area contributed by atoms with E-state index in [2.05, 4.69) is 17.2 Å². The molecule has 0 saturated heterocycles. The van der Waals surface area contributed by atoms with E-state index in [0.717, 1.165) is 30.8 Å². The van der Waals surface area contributed by atoms with Gasteiger partial charge in [0.25, 0.3) is 5.91 Å². The van der Waals surface area contributed by atoms with Crippen molar-refractivity contribution in [3.05, 3.63) is 16.1 Å². The number of halogens is 1. The van der Waals surface area contributed by atoms with Gasteiger partial charge in [-0.05, 0) is 13.0 Å². The number of nitrogens with two attached hydrogens (primary N) is 1. The lowest BCUT2D eigenvalue weighted by Crippen LogP contribution is -2.24. The molecule has 1 amide bonds. The Morgan fingerprint density at radius 1 is 1.62 bits per heavy atom. The van der Waals surface area contributed by atoms with Crippen molar-refractivity contribution in [2.75, 3.05) is 13.1 Å². The van der Waals surface area contributed by atoms with Gasteiger partial charge in [-0.25, -0.2) is 4.98 Å². The molecule has 0 spiro atoms. The lowest BCUT2D eigenvalue weighted by Gasteiger charge is -2.00. The molecule has 1 rings (SSSR count). The fraction of sp³-hybridized carbons (Fsp3) is 0.600. The second-order valence-electron chi connectivity index (χ2n) is 3.27. The number of aromatic nitrogens is 1. The zero-order valence-electron chi connectivity index (χ0n) is 9.36. The minimum atomic E-state index is -0.0806. The van der Waals surface area contributed by atoms with Gasteiger partial charge >= 0.3 is 0 Å². The molecule has 0 aromatic carbocycles. The monoisotopic (exact) mass is 263 g/mol. The van der Waals surface area contributed by atoms with Gasteiger partial charge in [-0.3, -0.25) is 4.79 Å². The molecule has 0 saturated carbocycles. The first-order valence-corrected chi connectivity index (χ1v) is 6.08. The van der Waals surface area contributed by atoms with Crippen LogP contribution in [0.5, 0.6) is 0 Å². The average Bonchev–Trinajstić information content (AvgIpc) is 2.67. The summed E-state index contributed by atoms with van der Waals surface area (Å²) in [5.41, 5.74) is 5.92. The number of hydrogen-bond acceptors (Lipinski definition) is 4. The van der Waals surface area contributed by atoms with Crippen molar-refractivity contribution in [3.8, 4) is 0 Å². The van der Waals surface area contributed by atoms with Crippen LogP contribution < -0.4 is 11.1 Å². The smallest absolute Gasteiger partial charge is 0.270 e. The van der Waals surface area contributed by atoms with Crippen molar-refractivity contribution in [2.45, 2.75) is 26.2 Å². The van der Waals surface area contributed by atoms with Gasteiger partial charge < -0.3 is 11.1 Å². The molecule has 92 valence electrons. The molecule has 0 bridgehead atoms. The number of hydrogen-bond donors (Lipinski definition) is 2. The fourth-order valence-corrected chi connectivity index (χ4v) is 1.92. The molecule has 0 radical (unpaired) electrons. The number of carbonyl (C=O) groups is 1. The van der Waals surface area contributed by atoms with E-state index in [1.165, 1.54) is 11.3 Å². The van der Waals surface area contributed by atoms with Crippen molar-refractivity contribution in [2.24, 2.45) is 5.73 Å². The second kappa shape index (κ2) is 8.50.